The minimum atomic E-state index is -3.43. The number of aliphatic hydroxyl groups is 1. The first-order chi connectivity index (χ1) is 14.0. The highest BCUT2D eigenvalue weighted by atomic mass is 31.2. The summed E-state index contributed by atoms with van der Waals surface area (Å²) in [5.41, 5.74) is -1.09. The second kappa shape index (κ2) is 10.0. The largest absolute Gasteiger partial charge is 0.455 e. The van der Waals surface area contributed by atoms with Gasteiger partial charge in [0.25, 0.3) is 5.56 Å². The average molecular weight is 448 g/mol. The lowest BCUT2D eigenvalue weighted by Crippen LogP contribution is -2.41. The fourth-order valence-electron chi connectivity index (χ4n) is 3.46. The van der Waals surface area contributed by atoms with E-state index in [9.17, 15) is 24.1 Å². The molecule has 0 unspecified atom stereocenters. The van der Waals surface area contributed by atoms with Crippen molar-refractivity contribution in [2.24, 2.45) is 5.92 Å². The van der Waals surface area contributed by atoms with Crippen LogP contribution >= 0.6 is 7.60 Å². The number of nitrogens with zero attached hydrogens (tertiary/aromatic N) is 1. The van der Waals surface area contributed by atoms with E-state index in [1.165, 1.54) is 20.0 Å². The Hall–Kier alpha value is -1.78. The SMILES string of the molecule is CCOP(=O)(C[C@H](C)[C@H]1O[C@@H](n2cc(C)c(=O)[nH]c2=O)[C@H](OC(C)=O)[C@@H]1O)OCC. The maximum atomic E-state index is 12.9. The zero-order valence-corrected chi connectivity index (χ0v) is 18.6. The van der Waals surface area contributed by atoms with E-state index in [1.54, 1.807) is 20.8 Å². The highest BCUT2D eigenvalue weighted by Gasteiger charge is 2.50. The predicted molar refractivity (Wildman–Crippen MR) is 106 cm³/mol. The maximum Gasteiger partial charge on any atom is 0.331 e. The second-order valence-corrected chi connectivity index (χ2v) is 9.24. The molecule has 1 aromatic heterocycles. The molecule has 1 aliphatic heterocycles. The van der Waals surface area contributed by atoms with E-state index in [2.05, 4.69) is 4.98 Å². The molecule has 0 saturated carbocycles. The summed E-state index contributed by atoms with van der Waals surface area (Å²) in [6.07, 6.45) is -3.42. The number of aromatic nitrogens is 2. The van der Waals surface area contributed by atoms with Gasteiger partial charge >= 0.3 is 19.3 Å². The van der Waals surface area contributed by atoms with Crippen molar-refractivity contribution >= 4 is 13.6 Å². The fraction of sp³-hybridized carbons (Fsp3) is 0.722. The van der Waals surface area contributed by atoms with Crippen molar-refractivity contribution < 1.29 is 33.0 Å². The average Bonchev–Trinajstić information content (AvgIpc) is 2.94. The number of nitrogens with one attached hydrogen (secondary N) is 1. The van der Waals surface area contributed by atoms with Gasteiger partial charge in [-0.15, -0.1) is 0 Å². The number of ether oxygens (including phenoxy) is 2. The lowest BCUT2D eigenvalue weighted by atomic mass is 10.00. The van der Waals surface area contributed by atoms with Gasteiger partial charge in [0.15, 0.2) is 12.3 Å². The number of carbonyl (C=O) groups excluding carboxylic acids is 1. The molecule has 170 valence electrons. The molecule has 1 fully saturated rings. The number of aliphatic hydroxyl groups excluding tert-OH is 1. The van der Waals surface area contributed by atoms with Gasteiger partial charge in [-0.1, -0.05) is 6.92 Å². The lowest BCUT2D eigenvalue weighted by Gasteiger charge is -2.26. The first kappa shape index (κ1) is 24.5. The normalized spacial score (nSPS) is 25.3. The molecule has 0 amide bonds. The van der Waals surface area contributed by atoms with Crippen LogP contribution in [0.2, 0.25) is 0 Å². The lowest BCUT2D eigenvalue weighted by molar-refractivity contribution is -0.156. The zero-order chi connectivity index (χ0) is 22.6. The topological polar surface area (TPSA) is 146 Å². The molecule has 11 nitrogen and oxygen atoms in total. The van der Waals surface area contributed by atoms with Crippen LogP contribution in [0.5, 0.6) is 0 Å². The molecule has 1 aliphatic rings. The van der Waals surface area contributed by atoms with Crippen molar-refractivity contribution in [1.29, 1.82) is 0 Å². The van der Waals surface area contributed by atoms with Crippen LogP contribution in [-0.4, -0.2) is 58.3 Å². The molecule has 30 heavy (non-hydrogen) atoms. The van der Waals surface area contributed by atoms with E-state index in [0.717, 1.165) is 4.57 Å². The van der Waals surface area contributed by atoms with E-state index in [1.807, 2.05) is 0 Å². The highest BCUT2D eigenvalue weighted by Crippen LogP contribution is 2.51. The summed E-state index contributed by atoms with van der Waals surface area (Å²) in [5.74, 6) is -1.21. The van der Waals surface area contributed by atoms with Crippen molar-refractivity contribution in [2.45, 2.75) is 59.2 Å². The molecule has 2 rings (SSSR count). The first-order valence-electron chi connectivity index (χ1n) is 9.73. The number of carbonyl (C=O) groups is 1. The molecule has 0 bridgehead atoms. The molecule has 12 heteroatoms. The molecule has 1 aromatic rings. The molecule has 0 aromatic carbocycles. The van der Waals surface area contributed by atoms with Crippen molar-refractivity contribution in [3.8, 4) is 0 Å². The van der Waals surface area contributed by atoms with Gasteiger partial charge in [-0.05, 0) is 26.7 Å². The Balaban J connectivity index is 2.36. The van der Waals surface area contributed by atoms with E-state index in [-0.39, 0.29) is 24.9 Å². The number of hydrogen-bond donors (Lipinski definition) is 2. The summed E-state index contributed by atoms with van der Waals surface area (Å²) in [6, 6.07) is 0. The Morgan fingerprint density at radius 2 is 1.93 bits per heavy atom. The van der Waals surface area contributed by atoms with Crippen LogP contribution < -0.4 is 11.2 Å². The van der Waals surface area contributed by atoms with Crippen LogP contribution in [0.4, 0.5) is 0 Å². The standard InChI is InChI=1S/C18H29N2O9P/c1-6-26-30(25,27-7-2)9-11(4)14-13(22)15(28-12(5)21)17(29-14)20-8-10(3)16(23)19-18(20)24/h8,11,13-15,17,22H,6-7,9H2,1-5H3,(H,19,23,24)/t11-,13+,14+,15+,17+/m0/s1. The summed E-state index contributed by atoms with van der Waals surface area (Å²) in [7, 11) is -3.43. The van der Waals surface area contributed by atoms with Crippen LogP contribution in [0.1, 0.15) is 39.5 Å². The smallest absolute Gasteiger partial charge is 0.331 e. The third-order valence-electron chi connectivity index (χ3n) is 4.70. The Bertz CT molecular complexity index is 902. The van der Waals surface area contributed by atoms with Crippen LogP contribution in [0.15, 0.2) is 15.8 Å². The van der Waals surface area contributed by atoms with Gasteiger partial charge in [0.05, 0.1) is 25.5 Å². The summed E-state index contributed by atoms with van der Waals surface area (Å²) in [6.45, 7) is 8.10. The summed E-state index contributed by atoms with van der Waals surface area (Å²) >= 11 is 0. The van der Waals surface area contributed by atoms with Crippen LogP contribution in [0, 0.1) is 12.8 Å². The van der Waals surface area contributed by atoms with Crippen LogP contribution in [0.25, 0.3) is 0 Å². The quantitative estimate of drug-likeness (QED) is 0.416. The van der Waals surface area contributed by atoms with Gasteiger partial charge < -0.3 is 23.6 Å². The molecular formula is C18H29N2O9P. The van der Waals surface area contributed by atoms with Gasteiger partial charge in [0.2, 0.25) is 0 Å². The molecule has 2 heterocycles. The van der Waals surface area contributed by atoms with Crippen LogP contribution in [-0.2, 0) is 27.9 Å². The Labute approximate surface area is 173 Å². The number of aromatic amines is 1. The third-order valence-corrected chi connectivity index (χ3v) is 7.02. The minimum absolute atomic E-state index is 0.0462. The number of esters is 1. The van der Waals surface area contributed by atoms with Gasteiger partial charge in [-0.2, -0.15) is 0 Å². The molecule has 5 atom stereocenters. The van der Waals surface area contributed by atoms with Gasteiger partial charge in [-0.3, -0.25) is 23.7 Å². The Kier molecular flexibility index (Phi) is 8.18. The van der Waals surface area contributed by atoms with Crippen molar-refractivity contribution in [2.75, 3.05) is 19.4 Å². The minimum Gasteiger partial charge on any atom is -0.455 e. The van der Waals surface area contributed by atoms with E-state index in [0.29, 0.717) is 0 Å². The second-order valence-electron chi connectivity index (χ2n) is 7.14. The van der Waals surface area contributed by atoms with E-state index in [4.69, 9.17) is 18.5 Å². The maximum absolute atomic E-state index is 12.9. The highest BCUT2D eigenvalue weighted by molar-refractivity contribution is 7.53. The third kappa shape index (κ3) is 5.47. The molecular weight excluding hydrogens is 419 g/mol. The van der Waals surface area contributed by atoms with Crippen molar-refractivity contribution in [1.82, 2.24) is 9.55 Å². The van der Waals surface area contributed by atoms with Crippen LogP contribution in [0.3, 0.4) is 0 Å². The van der Waals surface area contributed by atoms with Crippen molar-refractivity contribution in [3.63, 3.8) is 0 Å². The van der Waals surface area contributed by atoms with Gasteiger partial charge in [0, 0.05) is 18.7 Å². The number of aryl methyl sites for hydroxylation is 1. The fourth-order valence-corrected chi connectivity index (χ4v) is 5.44. The number of hydrogen-bond acceptors (Lipinski definition) is 9. The van der Waals surface area contributed by atoms with E-state index >= 15 is 0 Å². The van der Waals surface area contributed by atoms with E-state index < -0.39 is 55.3 Å². The van der Waals surface area contributed by atoms with Gasteiger partial charge in [-0.25, -0.2) is 4.79 Å². The molecule has 1 saturated heterocycles. The number of H-pyrrole nitrogens is 1. The molecule has 2 N–H and O–H groups in total. The molecule has 0 aliphatic carbocycles. The predicted octanol–water partition coefficient (Wildman–Crippen LogP) is 0.937. The molecule has 0 radical (unpaired) electrons. The number of rotatable bonds is 9. The monoisotopic (exact) mass is 448 g/mol. The summed E-state index contributed by atoms with van der Waals surface area (Å²) in [5, 5.41) is 10.8. The summed E-state index contributed by atoms with van der Waals surface area (Å²) in [4.78, 5) is 37.7. The zero-order valence-electron chi connectivity index (χ0n) is 17.7. The van der Waals surface area contributed by atoms with Crippen molar-refractivity contribution in [3.05, 3.63) is 32.6 Å². The Morgan fingerprint density at radius 3 is 2.47 bits per heavy atom. The summed E-state index contributed by atoms with van der Waals surface area (Å²) < 4.78 is 35.7. The van der Waals surface area contributed by atoms with Gasteiger partial charge in [0.1, 0.15) is 6.10 Å². The first-order valence-corrected chi connectivity index (χ1v) is 11.5. The molecule has 0 spiro atoms. The Morgan fingerprint density at radius 1 is 1.33 bits per heavy atom.